The third-order valence-electron chi connectivity index (χ3n) is 3.53. The van der Waals surface area contributed by atoms with E-state index in [-0.39, 0.29) is 36.8 Å². The Morgan fingerprint density at radius 1 is 1.44 bits per heavy atom. The van der Waals surface area contributed by atoms with Gasteiger partial charge in [-0.3, -0.25) is 25.2 Å². The Kier molecular flexibility index (Phi) is 7.59. The smallest absolute Gasteiger partial charge is 0.318 e. The van der Waals surface area contributed by atoms with Crippen LogP contribution in [0.4, 0.5) is 4.79 Å². The van der Waals surface area contributed by atoms with Crippen LogP contribution >= 0.6 is 0 Å². The maximum atomic E-state index is 12.3. The van der Waals surface area contributed by atoms with Crippen molar-refractivity contribution in [2.75, 3.05) is 20.1 Å². The largest absolute Gasteiger partial charge is 0.370 e. The molecule has 1 rings (SSSR count). The molecule has 25 heavy (non-hydrogen) atoms. The molecule has 0 saturated carbocycles. The highest BCUT2D eigenvalue weighted by Crippen LogP contribution is 2.08. The predicted octanol–water partition coefficient (Wildman–Crippen LogP) is -3.26. The van der Waals surface area contributed by atoms with Gasteiger partial charge in [0.15, 0.2) is 5.96 Å². The first-order valence-corrected chi connectivity index (χ1v) is 7.69. The summed E-state index contributed by atoms with van der Waals surface area (Å²) in [6, 6.07) is -1.99. The number of rotatable bonds is 7. The standard InChI is InChI=1S/C13H25N9O3/c1-22(8-6-19-13(20-10(8)24)21-12(17)25)9(23)5-7(14)3-2-4-18-11(15)16/h7-8H,2-6,14H2,1H3,(H4,15,16,18)(H4,17,19,20,21,24,25)/t7-,8?/m0/s1. The Morgan fingerprint density at radius 3 is 2.68 bits per heavy atom. The SMILES string of the molecule is CN(C(=O)C[C@@H](N)CCCN=C(N)N)C1CN=C(NC(N)=O)NC1=O. The number of primary amides is 1. The third-order valence-corrected chi connectivity index (χ3v) is 3.53. The molecule has 140 valence electrons. The highest BCUT2D eigenvalue weighted by Gasteiger charge is 2.31. The van der Waals surface area contributed by atoms with Crippen LogP contribution in [0.2, 0.25) is 0 Å². The molecule has 0 fully saturated rings. The van der Waals surface area contributed by atoms with Crippen molar-refractivity contribution in [3.05, 3.63) is 0 Å². The molecule has 4 amide bonds. The number of nitrogens with one attached hydrogen (secondary N) is 2. The molecule has 1 aliphatic heterocycles. The molecule has 12 nitrogen and oxygen atoms in total. The fourth-order valence-corrected chi connectivity index (χ4v) is 2.19. The molecule has 2 atom stereocenters. The van der Waals surface area contributed by atoms with Crippen LogP contribution in [0.3, 0.4) is 0 Å². The van der Waals surface area contributed by atoms with E-state index in [4.69, 9.17) is 22.9 Å². The first-order valence-electron chi connectivity index (χ1n) is 7.69. The van der Waals surface area contributed by atoms with E-state index in [1.807, 2.05) is 0 Å². The minimum Gasteiger partial charge on any atom is -0.370 e. The van der Waals surface area contributed by atoms with Crippen LogP contribution in [0, 0.1) is 0 Å². The molecule has 0 saturated heterocycles. The maximum absolute atomic E-state index is 12.3. The fraction of sp³-hybridized carbons (Fsp3) is 0.615. The van der Waals surface area contributed by atoms with Crippen molar-refractivity contribution in [3.63, 3.8) is 0 Å². The monoisotopic (exact) mass is 355 g/mol. The molecule has 1 heterocycles. The van der Waals surface area contributed by atoms with Gasteiger partial charge in [-0.25, -0.2) is 9.79 Å². The van der Waals surface area contributed by atoms with Gasteiger partial charge in [-0.15, -0.1) is 0 Å². The van der Waals surface area contributed by atoms with Gasteiger partial charge in [0.1, 0.15) is 6.04 Å². The number of carbonyl (C=O) groups is 3. The minimum absolute atomic E-state index is 0.0124. The summed E-state index contributed by atoms with van der Waals surface area (Å²) in [7, 11) is 1.50. The van der Waals surface area contributed by atoms with Gasteiger partial charge in [0, 0.05) is 26.1 Å². The normalized spacial score (nSPS) is 17.8. The van der Waals surface area contributed by atoms with E-state index >= 15 is 0 Å². The van der Waals surface area contributed by atoms with E-state index in [9.17, 15) is 14.4 Å². The van der Waals surface area contributed by atoms with Gasteiger partial charge in [-0.1, -0.05) is 0 Å². The highest BCUT2D eigenvalue weighted by atomic mass is 16.2. The van der Waals surface area contributed by atoms with Crippen molar-refractivity contribution in [2.24, 2.45) is 32.9 Å². The zero-order valence-electron chi connectivity index (χ0n) is 14.1. The van der Waals surface area contributed by atoms with Gasteiger partial charge < -0.3 is 27.8 Å². The van der Waals surface area contributed by atoms with Crippen LogP contribution in [-0.4, -0.2) is 66.9 Å². The maximum Gasteiger partial charge on any atom is 0.318 e. The molecular weight excluding hydrogens is 330 g/mol. The molecule has 0 aromatic rings. The zero-order valence-corrected chi connectivity index (χ0v) is 14.1. The zero-order chi connectivity index (χ0) is 19.0. The summed E-state index contributed by atoms with van der Waals surface area (Å²) >= 11 is 0. The van der Waals surface area contributed by atoms with Crippen LogP contribution in [0.5, 0.6) is 0 Å². The Balaban J connectivity index is 2.48. The summed E-state index contributed by atoms with van der Waals surface area (Å²) in [5, 5.41) is 4.55. The van der Waals surface area contributed by atoms with Gasteiger partial charge in [0.25, 0.3) is 5.91 Å². The van der Waals surface area contributed by atoms with Crippen molar-refractivity contribution in [3.8, 4) is 0 Å². The Bertz CT molecular complexity index is 571. The number of amides is 4. The van der Waals surface area contributed by atoms with Gasteiger partial charge >= 0.3 is 6.03 Å². The Morgan fingerprint density at radius 2 is 2.12 bits per heavy atom. The van der Waals surface area contributed by atoms with Crippen molar-refractivity contribution in [1.29, 1.82) is 0 Å². The van der Waals surface area contributed by atoms with Crippen molar-refractivity contribution < 1.29 is 14.4 Å². The second kappa shape index (κ2) is 9.42. The van der Waals surface area contributed by atoms with E-state index in [0.29, 0.717) is 19.4 Å². The number of guanidine groups is 2. The lowest BCUT2D eigenvalue weighted by Crippen LogP contribution is -2.58. The average molecular weight is 355 g/mol. The van der Waals surface area contributed by atoms with E-state index < -0.39 is 18.0 Å². The minimum atomic E-state index is -0.839. The number of likely N-dealkylation sites (N-methyl/N-ethyl adjacent to an activating group) is 1. The van der Waals surface area contributed by atoms with Crippen molar-refractivity contribution >= 4 is 29.8 Å². The summed E-state index contributed by atoms with van der Waals surface area (Å²) < 4.78 is 0. The van der Waals surface area contributed by atoms with Gasteiger partial charge in [-0.2, -0.15) is 0 Å². The summed E-state index contributed by atoms with van der Waals surface area (Å²) in [5.74, 6) is -0.767. The topological polar surface area (TPSA) is 207 Å². The molecule has 1 unspecified atom stereocenters. The van der Waals surface area contributed by atoms with Crippen LogP contribution in [-0.2, 0) is 9.59 Å². The number of hydrogen-bond acceptors (Lipinski definition) is 6. The quantitative estimate of drug-likeness (QED) is 0.157. The molecule has 0 radical (unpaired) electrons. The number of aliphatic imine (C=N–C) groups is 2. The summed E-state index contributed by atoms with van der Waals surface area (Å²) in [5.41, 5.74) is 21.3. The Hall–Kier alpha value is -2.89. The van der Waals surface area contributed by atoms with Crippen LogP contribution in [0.15, 0.2) is 9.98 Å². The van der Waals surface area contributed by atoms with Gasteiger partial charge in [0.05, 0.1) is 6.54 Å². The number of urea groups is 1. The molecule has 0 spiro atoms. The molecule has 0 aromatic heterocycles. The highest BCUT2D eigenvalue weighted by molar-refractivity contribution is 6.07. The molecular formula is C13H25N9O3. The van der Waals surface area contributed by atoms with Crippen LogP contribution < -0.4 is 33.6 Å². The first-order chi connectivity index (χ1) is 11.7. The van der Waals surface area contributed by atoms with E-state index in [1.54, 1.807) is 0 Å². The molecule has 1 aliphatic rings. The van der Waals surface area contributed by atoms with E-state index in [1.165, 1.54) is 11.9 Å². The second-order valence-corrected chi connectivity index (χ2v) is 5.60. The molecule has 0 aromatic carbocycles. The van der Waals surface area contributed by atoms with Crippen LogP contribution in [0.25, 0.3) is 0 Å². The second-order valence-electron chi connectivity index (χ2n) is 5.60. The number of hydrogen-bond donors (Lipinski definition) is 6. The van der Waals surface area contributed by atoms with Crippen LogP contribution in [0.1, 0.15) is 19.3 Å². The van der Waals surface area contributed by atoms with Gasteiger partial charge in [-0.05, 0) is 12.8 Å². The molecule has 12 heteroatoms. The average Bonchev–Trinajstić information content (AvgIpc) is 2.50. The van der Waals surface area contributed by atoms with Gasteiger partial charge in [0.2, 0.25) is 11.9 Å². The Labute approximate surface area is 145 Å². The number of nitrogens with zero attached hydrogens (tertiary/aromatic N) is 3. The lowest BCUT2D eigenvalue weighted by atomic mass is 10.1. The third kappa shape index (κ3) is 7.03. The number of nitrogens with two attached hydrogens (primary N) is 4. The lowest BCUT2D eigenvalue weighted by molar-refractivity contribution is -0.138. The van der Waals surface area contributed by atoms with Crippen molar-refractivity contribution in [2.45, 2.75) is 31.3 Å². The predicted molar refractivity (Wildman–Crippen MR) is 92.2 cm³/mol. The molecule has 0 aliphatic carbocycles. The summed E-state index contributed by atoms with van der Waals surface area (Å²) in [6.07, 6.45) is 1.29. The summed E-state index contributed by atoms with van der Waals surface area (Å²) in [6.45, 7) is 0.457. The fourth-order valence-electron chi connectivity index (χ4n) is 2.19. The number of carbonyl (C=O) groups excluding carboxylic acids is 3. The molecule has 10 N–H and O–H groups in total. The first kappa shape index (κ1) is 20.2. The summed E-state index contributed by atoms with van der Waals surface area (Å²) in [4.78, 5) is 44.1. The molecule has 0 bridgehead atoms. The van der Waals surface area contributed by atoms with E-state index in [2.05, 4.69) is 20.6 Å². The lowest BCUT2D eigenvalue weighted by Gasteiger charge is -2.30. The van der Waals surface area contributed by atoms with Crippen molar-refractivity contribution in [1.82, 2.24) is 15.5 Å². The van der Waals surface area contributed by atoms with E-state index in [0.717, 1.165) is 0 Å².